The molecule has 1 fully saturated rings. The number of carboxylic acid groups (broad SMARTS) is 1. The number of hydrogen-bond donors (Lipinski definition) is 1. The Labute approximate surface area is 127 Å². The highest BCUT2D eigenvalue weighted by atomic mass is 32.2. The molecule has 0 bridgehead atoms. The predicted molar refractivity (Wildman–Crippen MR) is 75.9 cm³/mol. The van der Waals surface area contributed by atoms with Crippen molar-refractivity contribution in [1.29, 1.82) is 0 Å². The average molecular weight is 329 g/mol. The molecule has 1 saturated heterocycles. The van der Waals surface area contributed by atoms with Gasteiger partial charge >= 0.3 is 5.97 Å². The molecule has 1 aromatic rings. The van der Waals surface area contributed by atoms with Crippen molar-refractivity contribution in [2.24, 2.45) is 0 Å². The van der Waals surface area contributed by atoms with Gasteiger partial charge in [-0.3, -0.25) is 19.8 Å². The summed E-state index contributed by atoms with van der Waals surface area (Å²) in [6.45, 7) is 0.918. The van der Waals surface area contributed by atoms with Crippen LogP contribution < -0.4 is 0 Å². The van der Waals surface area contributed by atoms with E-state index >= 15 is 0 Å². The maximum absolute atomic E-state index is 12.4. The number of sulfonamides is 1. The van der Waals surface area contributed by atoms with E-state index in [1.165, 1.54) is 16.4 Å². The Morgan fingerprint density at radius 1 is 1.18 bits per heavy atom. The number of hydrogen-bond acceptors (Lipinski definition) is 6. The van der Waals surface area contributed by atoms with Gasteiger partial charge in [-0.15, -0.1) is 0 Å². The first-order chi connectivity index (χ1) is 10.3. The van der Waals surface area contributed by atoms with Gasteiger partial charge in [0.15, 0.2) is 0 Å². The lowest BCUT2D eigenvalue weighted by Gasteiger charge is -2.32. The summed E-state index contributed by atoms with van der Waals surface area (Å²) >= 11 is 0. The second-order valence-corrected chi connectivity index (χ2v) is 6.76. The van der Waals surface area contributed by atoms with Gasteiger partial charge in [0.25, 0.3) is 5.69 Å². The van der Waals surface area contributed by atoms with E-state index < -0.39 is 20.9 Å². The molecule has 1 aliphatic heterocycles. The molecule has 1 aromatic carbocycles. The Kier molecular flexibility index (Phi) is 4.74. The first-order valence-corrected chi connectivity index (χ1v) is 7.93. The van der Waals surface area contributed by atoms with Gasteiger partial charge in [0.2, 0.25) is 10.0 Å². The largest absolute Gasteiger partial charge is 0.480 e. The fraction of sp³-hybridized carbons (Fsp3) is 0.417. The van der Waals surface area contributed by atoms with Crippen LogP contribution in [0.15, 0.2) is 29.2 Å². The molecule has 0 aliphatic carbocycles. The monoisotopic (exact) mass is 329 g/mol. The first-order valence-electron chi connectivity index (χ1n) is 6.49. The molecule has 0 unspecified atom stereocenters. The van der Waals surface area contributed by atoms with Gasteiger partial charge in [0.05, 0.1) is 16.4 Å². The molecule has 0 radical (unpaired) electrons. The number of benzene rings is 1. The van der Waals surface area contributed by atoms with Crippen LogP contribution >= 0.6 is 0 Å². The maximum atomic E-state index is 12.4. The van der Waals surface area contributed by atoms with Crippen LogP contribution in [0.5, 0.6) is 0 Å². The van der Waals surface area contributed by atoms with Crippen molar-refractivity contribution in [3.05, 3.63) is 34.4 Å². The number of non-ortho nitro benzene ring substituents is 1. The number of piperazine rings is 1. The SMILES string of the molecule is O=C(O)CN1CCN(S(=O)(=O)c2ccc([N+](=O)[O-])cc2)CC1. The lowest BCUT2D eigenvalue weighted by atomic mass is 10.3. The maximum Gasteiger partial charge on any atom is 0.317 e. The molecular weight excluding hydrogens is 314 g/mol. The van der Waals surface area contributed by atoms with Gasteiger partial charge in [-0.05, 0) is 12.1 Å². The van der Waals surface area contributed by atoms with Crippen LogP contribution in [-0.4, -0.2) is 66.3 Å². The quantitative estimate of drug-likeness (QED) is 0.595. The van der Waals surface area contributed by atoms with Crippen molar-refractivity contribution in [2.45, 2.75) is 4.90 Å². The van der Waals surface area contributed by atoms with E-state index in [1.54, 1.807) is 4.90 Å². The van der Waals surface area contributed by atoms with Gasteiger partial charge in [-0.2, -0.15) is 4.31 Å². The summed E-state index contributed by atoms with van der Waals surface area (Å²) in [7, 11) is -3.72. The highest BCUT2D eigenvalue weighted by Crippen LogP contribution is 2.20. The molecule has 1 N–H and O–H groups in total. The van der Waals surface area contributed by atoms with Crippen LogP contribution in [0.3, 0.4) is 0 Å². The predicted octanol–water partition coefficient (Wildman–Crippen LogP) is -0.0143. The van der Waals surface area contributed by atoms with E-state index in [0.29, 0.717) is 13.1 Å². The third-order valence-electron chi connectivity index (χ3n) is 3.38. The van der Waals surface area contributed by atoms with Crippen molar-refractivity contribution in [1.82, 2.24) is 9.21 Å². The number of nitro benzene ring substituents is 1. The lowest BCUT2D eigenvalue weighted by Crippen LogP contribution is -2.49. The van der Waals surface area contributed by atoms with Gasteiger partial charge in [0.1, 0.15) is 0 Å². The molecule has 9 nitrogen and oxygen atoms in total. The fourth-order valence-electron chi connectivity index (χ4n) is 2.21. The van der Waals surface area contributed by atoms with Crippen LogP contribution in [0, 0.1) is 10.1 Å². The summed E-state index contributed by atoms with van der Waals surface area (Å²) in [4.78, 5) is 22.3. The first kappa shape index (κ1) is 16.3. The molecule has 2 rings (SSSR count). The van der Waals surface area contributed by atoms with Gasteiger partial charge in [-0.1, -0.05) is 0 Å². The second-order valence-electron chi connectivity index (χ2n) is 4.82. The van der Waals surface area contributed by atoms with E-state index in [4.69, 9.17) is 5.11 Å². The number of carbonyl (C=O) groups is 1. The topological polar surface area (TPSA) is 121 Å². The molecular formula is C12H15N3O6S. The van der Waals surface area contributed by atoms with E-state index in [2.05, 4.69) is 0 Å². The highest BCUT2D eigenvalue weighted by Gasteiger charge is 2.29. The second kappa shape index (κ2) is 6.38. The minimum Gasteiger partial charge on any atom is -0.480 e. The highest BCUT2D eigenvalue weighted by molar-refractivity contribution is 7.89. The Morgan fingerprint density at radius 3 is 2.18 bits per heavy atom. The molecule has 0 atom stereocenters. The van der Waals surface area contributed by atoms with E-state index in [-0.39, 0.29) is 30.2 Å². The van der Waals surface area contributed by atoms with E-state index in [0.717, 1.165) is 12.1 Å². The lowest BCUT2D eigenvalue weighted by molar-refractivity contribution is -0.384. The molecule has 1 heterocycles. The standard InChI is InChI=1S/C12H15N3O6S/c16-12(17)9-13-5-7-14(8-6-13)22(20,21)11-3-1-10(2-4-11)15(18)19/h1-4H,5-9H2,(H,16,17). The summed E-state index contributed by atoms with van der Waals surface area (Å²) in [5.41, 5.74) is -0.176. The van der Waals surface area contributed by atoms with Crippen LogP contribution in [0.25, 0.3) is 0 Å². The molecule has 0 spiro atoms. The third kappa shape index (κ3) is 3.59. The summed E-state index contributed by atoms with van der Waals surface area (Å²) < 4.78 is 26.1. The van der Waals surface area contributed by atoms with Crippen LogP contribution in [0.1, 0.15) is 0 Å². The van der Waals surface area contributed by atoms with Crippen LogP contribution in [-0.2, 0) is 14.8 Å². The minimum atomic E-state index is -3.72. The van der Waals surface area contributed by atoms with Crippen molar-refractivity contribution in [2.75, 3.05) is 32.7 Å². The zero-order valence-corrected chi connectivity index (χ0v) is 12.4. The van der Waals surface area contributed by atoms with E-state index in [9.17, 15) is 23.3 Å². The third-order valence-corrected chi connectivity index (χ3v) is 5.29. The molecule has 0 aromatic heterocycles. The van der Waals surface area contributed by atoms with Crippen molar-refractivity contribution < 1.29 is 23.2 Å². The van der Waals surface area contributed by atoms with Crippen molar-refractivity contribution in [3.63, 3.8) is 0 Å². The van der Waals surface area contributed by atoms with Gasteiger partial charge in [-0.25, -0.2) is 8.42 Å². The van der Waals surface area contributed by atoms with Crippen LogP contribution in [0.4, 0.5) is 5.69 Å². The Hall–Kier alpha value is -2.04. The van der Waals surface area contributed by atoms with E-state index in [1.807, 2.05) is 0 Å². The Bertz CT molecular complexity index is 665. The molecule has 0 amide bonds. The van der Waals surface area contributed by atoms with Crippen molar-refractivity contribution >= 4 is 21.7 Å². The number of aliphatic carboxylic acids is 1. The zero-order chi connectivity index (χ0) is 16.3. The van der Waals surface area contributed by atoms with Gasteiger partial charge in [0, 0.05) is 38.3 Å². The minimum absolute atomic E-state index is 0.00946. The smallest absolute Gasteiger partial charge is 0.317 e. The zero-order valence-electron chi connectivity index (χ0n) is 11.6. The van der Waals surface area contributed by atoms with Crippen LogP contribution in [0.2, 0.25) is 0 Å². The molecule has 22 heavy (non-hydrogen) atoms. The summed E-state index contributed by atoms with van der Waals surface area (Å²) in [5.74, 6) is -0.952. The summed E-state index contributed by atoms with van der Waals surface area (Å²) in [6.07, 6.45) is 0. The summed E-state index contributed by atoms with van der Waals surface area (Å²) in [5, 5.41) is 19.3. The molecule has 10 heteroatoms. The molecule has 120 valence electrons. The number of nitrogens with zero attached hydrogens (tertiary/aromatic N) is 3. The van der Waals surface area contributed by atoms with Gasteiger partial charge < -0.3 is 5.11 Å². The number of rotatable bonds is 5. The molecule has 0 saturated carbocycles. The molecule has 1 aliphatic rings. The Morgan fingerprint density at radius 2 is 1.73 bits per heavy atom. The fourth-order valence-corrected chi connectivity index (χ4v) is 3.63. The number of carboxylic acids is 1. The normalized spacial score (nSPS) is 17.3. The number of nitro groups is 1. The summed E-state index contributed by atoms with van der Waals surface area (Å²) in [6, 6.07) is 4.70. The van der Waals surface area contributed by atoms with Crippen molar-refractivity contribution in [3.8, 4) is 0 Å². The average Bonchev–Trinajstić information content (AvgIpc) is 2.47. The Balaban J connectivity index is 2.08.